The Morgan fingerprint density at radius 1 is 1.00 bits per heavy atom. The van der Waals surface area contributed by atoms with Crippen LogP contribution in [-0.2, 0) is 16.0 Å². The molecule has 0 bridgehead atoms. The molecule has 128 valence electrons. The molecule has 0 radical (unpaired) electrons. The Morgan fingerprint density at radius 2 is 1.68 bits per heavy atom. The summed E-state index contributed by atoms with van der Waals surface area (Å²) in [6, 6.07) is 9.73. The lowest BCUT2D eigenvalue weighted by molar-refractivity contribution is -0.133. The summed E-state index contributed by atoms with van der Waals surface area (Å²) in [6.07, 6.45) is 0.786. The Balaban J connectivity index is 1.73. The molecule has 2 heterocycles. The van der Waals surface area contributed by atoms with Crippen molar-refractivity contribution in [3.05, 3.63) is 40.2 Å². The second-order valence-corrected chi connectivity index (χ2v) is 7.31. The Morgan fingerprint density at radius 3 is 2.28 bits per heavy atom. The van der Waals surface area contributed by atoms with Gasteiger partial charge in [0.15, 0.2) is 5.13 Å². The zero-order valence-electron chi connectivity index (χ0n) is 13.6. The molecule has 0 aliphatic carbocycles. The minimum absolute atomic E-state index is 0.288. The minimum atomic E-state index is -0.800. The maximum Gasteiger partial charge on any atom is 0.315 e. The number of benzene rings is 1. The van der Waals surface area contributed by atoms with E-state index in [-0.39, 0.29) is 5.13 Å². The van der Waals surface area contributed by atoms with Crippen LogP contribution in [0.1, 0.15) is 16.8 Å². The Labute approximate surface area is 152 Å². The van der Waals surface area contributed by atoms with Crippen LogP contribution in [0, 0.1) is 6.92 Å². The van der Waals surface area contributed by atoms with Gasteiger partial charge in [-0.3, -0.25) is 20.2 Å². The molecule has 0 atom stereocenters. The van der Waals surface area contributed by atoms with Gasteiger partial charge in [0.1, 0.15) is 5.01 Å². The van der Waals surface area contributed by atoms with E-state index in [0.29, 0.717) is 10.1 Å². The van der Waals surface area contributed by atoms with E-state index in [1.807, 2.05) is 37.3 Å². The normalized spacial score (nSPS) is 10.5. The Kier molecular flexibility index (Phi) is 5.15. The molecular weight excluding hydrogens is 358 g/mol. The number of aryl methyl sites for hydroxylation is 2. The highest BCUT2D eigenvalue weighted by Gasteiger charge is 2.19. The standard InChI is InChI=1S/C16H15N5O2S2/c1-3-11-12(10-7-5-4-6-8-10)17-15(25-11)18-13(22)14(23)19-16-21-20-9(2)24-16/h4-8H,3H2,1-2H3,(H,17,18,22)(H,19,21,23). The summed E-state index contributed by atoms with van der Waals surface area (Å²) in [5, 5.41) is 13.9. The number of nitrogens with one attached hydrogen (secondary N) is 2. The third-order valence-electron chi connectivity index (χ3n) is 3.24. The average Bonchev–Trinajstić information content (AvgIpc) is 3.21. The van der Waals surface area contributed by atoms with Crippen LogP contribution in [0.2, 0.25) is 0 Å². The monoisotopic (exact) mass is 373 g/mol. The van der Waals surface area contributed by atoms with Crippen molar-refractivity contribution in [1.82, 2.24) is 15.2 Å². The molecule has 0 spiro atoms. The number of rotatable bonds is 4. The van der Waals surface area contributed by atoms with Gasteiger partial charge < -0.3 is 0 Å². The fraction of sp³-hybridized carbons (Fsp3) is 0.188. The smallest absolute Gasteiger partial charge is 0.294 e. The van der Waals surface area contributed by atoms with E-state index in [1.54, 1.807) is 6.92 Å². The molecule has 0 saturated carbocycles. The van der Waals surface area contributed by atoms with E-state index in [4.69, 9.17) is 0 Å². The van der Waals surface area contributed by atoms with Gasteiger partial charge >= 0.3 is 11.8 Å². The number of anilines is 2. The molecule has 0 aliphatic rings. The lowest BCUT2D eigenvalue weighted by Gasteiger charge is -2.00. The lowest BCUT2D eigenvalue weighted by atomic mass is 10.1. The quantitative estimate of drug-likeness (QED) is 0.685. The highest BCUT2D eigenvalue weighted by Crippen LogP contribution is 2.31. The molecule has 2 amide bonds. The van der Waals surface area contributed by atoms with Crippen molar-refractivity contribution in [2.45, 2.75) is 20.3 Å². The van der Waals surface area contributed by atoms with Gasteiger partial charge in [0, 0.05) is 10.4 Å². The molecule has 0 fully saturated rings. The third kappa shape index (κ3) is 4.06. The number of nitrogens with zero attached hydrogens (tertiary/aromatic N) is 3. The molecule has 7 nitrogen and oxygen atoms in total. The van der Waals surface area contributed by atoms with E-state index < -0.39 is 11.8 Å². The van der Waals surface area contributed by atoms with Crippen molar-refractivity contribution < 1.29 is 9.59 Å². The molecule has 0 aliphatic heterocycles. The van der Waals surface area contributed by atoms with Gasteiger partial charge in [-0.2, -0.15) is 0 Å². The number of carbonyl (C=O) groups excluding carboxylic acids is 2. The number of aromatic nitrogens is 3. The fourth-order valence-electron chi connectivity index (χ4n) is 2.12. The highest BCUT2D eigenvalue weighted by atomic mass is 32.1. The van der Waals surface area contributed by atoms with Gasteiger partial charge in [0.2, 0.25) is 5.13 Å². The topological polar surface area (TPSA) is 96.9 Å². The largest absolute Gasteiger partial charge is 0.315 e. The van der Waals surface area contributed by atoms with Crippen LogP contribution in [-0.4, -0.2) is 27.0 Å². The number of thiazole rings is 1. The molecule has 3 aromatic rings. The van der Waals surface area contributed by atoms with Gasteiger partial charge in [0.05, 0.1) is 5.69 Å². The Hall–Kier alpha value is -2.65. The zero-order valence-corrected chi connectivity index (χ0v) is 15.2. The molecule has 2 aromatic heterocycles. The predicted octanol–water partition coefficient (Wildman–Crippen LogP) is 3.11. The summed E-state index contributed by atoms with van der Waals surface area (Å²) in [7, 11) is 0. The summed E-state index contributed by atoms with van der Waals surface area (Å²) in [5.41, 5.74) is 1.80. The molecule has 1 aromatic carbocycles. The van der Waals surface area contributed by atoms with E-state index in [2.05, 4.69) is 25.8 Å². The molecular formula is C16H15N5O2S2. The molecule has 0 unspecified atom stereocenters. The van der Waals surface area contributed by atoms with E-state index in [0.717, 1.165) is 22.6 Å². The van der Waals surface area contributed by atoms with Crippen LogP contribution in [0.15, 0.2) is 30.3 Å². The summed E-state index contributed by atoms with van der Waals surface area (Å²) < 4.78 is 0. The molecule has 25 heavy (non-hydrogen) atoms. The van der Waals surface area contributed by atoms with Gasteiger partial charge in [-0.1, -0.05) is 48.6 Å². The van der Waals surface area contributed by atoms with E-state index in [9.17, 15) is 9.59 Å². The van der Waals surface area contributed by atoms with Crippen LogP contribution in [0.3, 0.4) is 0 Å². The van der Waals surface area contributed by atoms with Gasteiger partial charge in [-0.25, -0.2) is 4.98 Å². The second-order valence-electron chi connectivity index (χ2n) is 5.04. The van der Waals surface area contributed by atoms with Crippen LogP contribution in [0.5, 0.6) is 0 Å². The van der Waals surface area contributed by atoms with E-state index >= 15 is 0 Å². The lowest BCUT2D eigenvalue weighted by Crippen LogP contribution is -2.29. The third-order valence-corrected chi connectivity index (χ3v) is 5.11. The summed E-state index contributed by atoms with van der Waals surface area (Å²) in [4.78, 5) is 29.5. The molecule has 3 rings (SSSR count). The first-order valence-corrected chi connectivity index (χ1v) is 9.17. The highest BCUT2D eigenvalue weighted by molar-refractivity contribution is 7.16. The fourth-order valence-corrected chi connectivity index (χ4v) is 3.63. The average molecular weight is 373 g/mol. The van der Waals surface area contributed by atoms with E-state index in [1.165, 1.54) is 22.7 Å². The zero-order chi connectivity index (χ0) is 17.8. The molecule has 0 saturated heterocycles. The second kappa shape index (κ2) is 7.49. The first kappa shape index (κ1) is 17.2. The molecule has 9 heteroatoms. The predicted molar refractivity (Wildman–Crippen MR) is 98.8 cm³/mol. The summed E-state index contributed by atoms with van der Waals surface area (Å²) in [5.74, 6) is -1.59. The molecule has 2 N–H and O–H groups in total. The van der Waals surface area contributed by atoms with Crippen LogP contribution in [0.25, 0.3) is 11.3 Å². The van der Waals surface area contributed by atoms with Crippen LogP contribution >= 0.6 is 22.7 Å². The van der Waals surface area contributed by atoms with Crippen LogP contribution < -0.4 is 10.6 Å². The van der Waals surface area contributed by atoms with Crippen molar-refractivity contribution in [2.24, 2.45) is 0 Å². The number of carbonyl (C=O) groups is 2. The van der Waals surface area contributed by atoms with Crippen molar-refractivity contribution in [2.75, 3.05) is 10.6 Å². The van der Waals surface area contributed by atoms with Crippen molar-refractivity contribution >= 4 is 44.8 Å². The number of amides is 2. The number of hydrogen-bond acceptors (Lipinski definition) is 7. The first-order chi connectivity index (χ1) is 12.1. The SMILES string of the molecule is CCc1sc(NC(=O)C(=O)Nc2nnc(C)s2)nc1-c1ccccc1. The van der Waals surface area contributed by atoms with Crippen LogP contribution in [0.4, 0.5) is 10.3 Å². The minimum Gasteiger partial charge on any atom is -0.294 e. The summed E-state index contributed by atoms with van der Waals surface area (Å²) >= 11 is 2.56. The maximum atomic E-state index is 12.1. The van der Waals surface area contributed by atoms with Gasteiger partial charge in [-0.15, -0.1) is 21.5 Å². The first-order valence-electron chi connectivity index (χ1n) is 7.54. The van der Waals surface area contributed by atoms with Crippen molar-refractivity contribution in [3.8, 4) is 11.3 Å². The number of hydrogen-bond donors (Lipinski definition) is 2. The van der Waals surface area contributed by atoms with Gasteiger partial charge in [0.25, 0.3) is 0 Å². The Bertz CT molecular complexity index is 904. The van der Waals surface area contributed by atoms with Gasteiger partial charge in [-0.05, 0) is 13.3 Å². The maximum absolute atomic E-state index is 12.1. The van der Waals surface area contributed by atoms with Crippen molar-refractivity contribution in [3.63, 3.8) is 0 Å². The van der Waals surface area contributed by atoms with Crippen molar-refractivity contribution in [1.29, 1.82) is 0 Å². The summed E-state index contributed by atoms with van der Waals surface area (Å²) in [6.45, 7) is 3.79.